The van der Waals surface area contributed by atoms with Crippen molar-refractivity contribution >= 4 is 0 Å². The Bertz CT molecular complexity index is 792. The normalized spacial score (nSPS) is 21.3. The van der Waals surface area contributed by atoms with Crippen molar-refractivity contribution in [1.29, 1.82) is 0 Å². The Morgan fingerprint density at radius 2 is 1.58 bits per heavy atom. The Morgan fingerprint density at radius 3 is 2.27 bits per heavy atom. The summed E-state index contributed by atoms with van der Waals surface area (Å²) < 4.78 is 6.31. The molecule has 0 fully saturated rings. The number of benzene rings is 2. The maximum Gasteiger partial charge on any atom is 0.122 e. The second kappa shape index (κ2) is 7.95. The molecule has 1 aliphatic rings. The van der Waals surface area contributed by atoms with E-state index >= 15 is 0 Å². The third kappa shape index (κ3) is 3.77. The molecular weight excluding hydrogens is 316 g/mol. The van der Waals surface area contributed by atoms with Gasteiger partial charge in [-0.3, -0.25) is 0 Å². The Kier molecular flexibility index (Phi) is 5.66. The molecule has 3 rings (SSSR count). The quantitative estimate of drug-likeness (QED) is 0.540. The zero-order valence-corrected chi connectivity index (χ0v) is 16.5. The number of ether oxygens (including phenoxy) is 1. The lowest BCUT2D eigenvalue weighted by atomic mass is 9.63. The molecule has 0 radical (unpaired) electrons. The fourth-order valence-corrected chi connectivity index (χ4v) is 3.97. The minimum Gasteiger partial charge on any atom is -0.492 e. The highest BCUT2D eigenvalue weighted by Crippen LogP contribution is 2.50. The molecule has 0 saturated heterocycles. The topological polar surface area (TPSA) is 9.23 Å². The van der Waals surface area contributed by atoms with Crippen LogP contribution in [-0.2, 0) is 5.41 Å². The first-order valence-corrected chi connectivity index (χ1v) is 9.57. The highest BCUT2D eigenvalue weighted by molar-refractivity contribution is 5.45. The number of hydrogen-bond acceptors (Lipinski definition) is 1. The van der Waals surface area contributed by atoms with E-state index in [1.54, 1.807) is 0 Å². The van der Waals surface area contributed by atoms with Gasteiger partial charge in [0.15, 0.2) is 0 Å². The van der Waals surface area contributed by atoms with Crippen LogP contribution in [0.1, 0.15) is 57.6 Å². The minimum absolute atomic E-state index is 0.0428. The third-order valence-corrected chi connectivity index (χ3v) is 5.43. The van der Waals surface area contributed by atoms with Crippen molar-refractivity contribution in [2.75, 3.05) is 6.61 Å². The molecule has 0 saturated carbocycles. The van der Waals surface area contributed by atoms with Gasteiger partial charge < -0.3 is 4.74 Å². The molecule has 1 heterocycles. The predicted molar refractivity (Wildman–Crippen MR) is 111 cm³/mol. The molecule has 2 aromatic carbocycles. The molecule has 1 nitrogen and oxygen atoms in total. The van der Waals surface area contributed by atoms with Gasteiger partial charge in [-0.1, -0.05) is 71.8 Å². The molecule has 0 amide bonds. The van der Waals surface area contributed by atoms with Crippen LogP contribution < -0.4 is 4.74 Å². The van der Waals surface area contributed by atoms with Crippen molar-refractivity contribution < 1.29 is 4.74 Å². The van der Waals surface area contributed by atoms with E-state index in [0.29, 0.717) is 5.92 Å². The van der Waals surface area contributed by atoms with Crippen LogP contribution in [0.25, 0.3) is 0 Å². The van der Waals surface area contributed by atoms with Crippen molar-refractivity contribution in [2.24, 2.45) is 0 Å². The van der Waals surface area contributed by atoms with E-state index in [4.69, 9.17) is 4.74 Å². The summed E-state index contributed by atoms with van der Waals surface area (Å²) in [7, 11) is 0. The van der Waals surface area contributed by atoms with E-state index in [-0.39, 0.29) is 5.41 Å². The van der Waals surface area contributed by atoms with Gasteiger partial charge in [0.05, 0.1) is 6.61 Å². The summed E-state index contributed by atoms with van der Waals surface area (Å²) in [5, 5.41) is 0. The largest absolute Gasteiger partial charge is 0.492 e. The fraction of sp³-hybridized carbons (Fsp3) is 0.360. The van der Waals surface area contributed by atoms with Crippen molar-refractivity contribution in [2.45, 2.75) is 51.9 Å². The summed E-state index contributed by atoms with van der Waals surface area (Å²) in [6.07, 6.45) is 6.79. The molecule has 2 unspecified atom stereocenters. The van der Waals surface area contributed by atoms with Gasteiger partial charge in [-0.2, -0.15) is 0 Å². The maximum absolute atomic E-state index is 6.31. The van der Waals surface area contributed by atoms with Gasteiger partial charge in [0, 0.05) is 11.3 Å². The number of para-hydroxylation sites is 1. The van der Waals surface area contributed by atoms with Crippen LogP contribution in [0.2, 0.25) is 0 Å². The monoisotopic (exact) mass is 346 g/mol. The zero-order chi connectivity index (χ0) is 18.6. The highest BCUT2D eigenvalue weighted by atomic mass is 16.5. The fourth-order valence-electron chi connectivity index (χ4n) is 3.97. The molecule has 136 valence electrons. The molecule has 0 bridgehead atoms. The zero-order valence-electron chi connectivity index (χ0n) is 16.5. The molecule has 0 N–H and O–H groups in total. The Balaban J connectivity index is 2.16. The Labute approximate surface area is 158 Å². The Morgan fingerprint density at radius 1 is 0.923 bits per heavy atom. The van der Waals surface area contributed by atoms with Gasteiger partial charge in [0.2, 0.25) is 0 Å². The van der Waals surface area contributed by atoms with E-state index in [1.165, 1.54) is 22.3 Å². The lowest BCUT2D eigenvalue weighted by molar-refractivity contribution is 0.156. The van der Waals surface area contributed by atoms with E-state index in [2.05, 4.69) is 94.4 Å². The molecular formula is C25H30O. The van der Waals surface area contributed by atoms with E-state index in [1.807, 2.05) is 0 Å². The maximum atomic E-state index is 6.31. The average Bonchev–Trinajstić information content (AvgIpc) is 2.65. The first-order chi connectivity index (χ1) is 12.5. The van der Waals surface area contributed by atoms with E-state index in [9.17, 15) is 0 Å². The third-order valence-electron chi connectivity index (χ3n) is 5.43. The van der Waals surface area contributed by atoms with Crippen LogP contribution in [-0.4, -0.2) is 6.61 Å². The van der Waals surface area contributed by atoms with Gasteiger partial charge in [-0.25, -0.2) is 0 Å². The molecule has 1 aliphatic heterocycles. The SMILES string of the molecule is CC(C)=CCC1c2ccccc2OCC1(CC=C(C)C)c1ccccc1. The number of fused-ring (bicyclic) bond motifs is 1. The van der Waals surface area contributed by atoms with Gasteiger partial charge in [0.1, 0.15) is 5.75 Å². The first-order valence-electron chi connectivity index (χ1n) is 9.57. The average molecular weight is 347 g/mol. The summed E-state index contributed by atoms with van der Waals surface area (Å²) in [5.74, 6) is 1.45. The van der Waals surface area contributed by atoms with E-state index in [0.717, 1.165) is 25.2 Å². The highest BCUT2D eigenvalue weighted by Gasteiger charge is 2.44. The molecule has 26 heavy (non-hydrogen) atoms. The molecule has 0 aromatic heterocycles. The predicted octanol–water partition coefficient (Wildman–Crippen LogP) is 6.81. The van der Waals surface area contributed by atoms with Crippen molar-refractivity contribution in [3.8, 4) is 5.75 Å². The van der Waals surface area contributed by atoms with Crippen LogP contribution >= 0.6 is 0 Å². The van der Waals surface area contributed by atoms with Crippen molar-refractivity contribution in [1.82, 2.24) is 0 Å². The second-order valence-corrected chi connectivity index (χ2v) is 7.90. The van der Waals surface area contributed by atoms with Crippen LogP contribution in [0.3, 0.4) is 0 Å². The van der Waals surface area contributed by atoms with Crippen LogP contribution in [0.5, 0.6) is 5.75 Å². The summed E-state index contributed by atoms with van der Waals surface area (Å²) in [4.78, 5) is 0. The number of allylic oxidation sites excluding steroid dienone is 4. The summed E-state index contributed by atoms with van der Waals surface area (Å²) in [6.45, 7) is 9.46. The van der Waals surface area contributed by atoms with Crippen molar-refractivity contribution in [3.63, 3.8) is 0 Å². The molecule has 0 aliphatic carbocycles. The summed E-state index contributed by atoms with van der Waals surface area (Å²) in [5.41, 5.74) is 5.40. The first kappa shape index (κ1) is 18.5. The standard InChI is InChI=1S/C25H30O/c1-19(2)14-15-23-22-12-8-9-13-24(22)26-18-25(23,17-16-20(3)4)21-10-6-5-7-11-21/h5-14,16,23H,15,17-18H2,1-4H3. The van der Waals surface area contributed by atoms with Crippen LogP contribution in [0.4, 0.5) is 0 Å². The van der Waals surface area contributed by atoms with Gasteiger partial charge in [-0.05, 0) is 57.7 Å². The Hall–Kier alpha value is -2.28. The second-order valence-electron chi connectivity index (χ2n) is 7.90. The number of hydrogen-bond donors (Lipinski definition) is 0. The number of rotatable bonds is 5. The smallest absolute Gasteiger partial charge is 0.122 e. The molecule has 2 atom stereocenters. The van der Waals surface area contributed by atoms with E-state index < -0.39 is 0 Å². The summed E-state index contributed by atoms with van der Waals surface area (Å²) >= 11 is 0. The minimum atomic E-state index is -0.0428. The lowest BCUT2D eigenvalue weighted by Gasteiger charge is -2.45. The van der Waals surface area contributed by atoms with Gasteiger partial charge in [-0.15, -0.1) is 0 Å². The lowest BCUT2D eigenvalue weighted by Crippen LogP contribution is -2.42. The van der Waals surface area contributed by atoms with Gasteiger partial charge >= 0.3 is 0 Å². The van der Waals surface area contributed by atoms with Gasteiger partial charge in [0.25, 0.3) is 0 Å². The van der Waals surface area contributed by atoms with Crippen molar-refractivity contribution in [3.05, 3.63) is 89.0 Å². The molecule has 0 spiro atoms. The summed E-state index contributed by atoms with van der Waals surface area (Å²) in [6, 6.07) is 19.5. The van der Waals surface area contributed by atoms with Crippen LogP contribution in [0.15, 0.2) is 77.9 Å². The molecule has 2 aromatic rings. The van der Waals surface area contributed by atoms with Crippen LogP contribution in [0, 0.1) is 0 Å². The molecule has 1 heteroatoms.